The molecule has 4 rings (SSSR count). The van der Waals surface area contributed by atoms with Gasteiger partial charge in [-0.15, -0.1) is 0 Å². The number of rotatable bonds is 14. The number of nitrogens with one attached hydrogen (secondary N) is 1. The predicted octanol–water partition coefficient (Wildman–Crippen LogP) is 6.82. The summed E-state index contributed by atoms with van der Waals surface area (Å²) >= 11 is 3.45. The molecule has 0 aliphatic rings. The number of hydrogen-bond acceptors (Lipinski definition) is 4. The van der Waals surface area contributed by atoms with Gasteiger partial charge >= 0.3 is 0 Å². The van der Waals surface area contributed by atoms with Crippen LogP contribution in [0.4, 0.5) is 5.69 Å². The van der Waals surface area contributed by atoms with Gasteiger partial charge in [0.05, 0.1) is 10.6 Å². The van der Waals surface area contributed by atoms with Crippen molar-refractivity contribution in [2.24, 2.45) is 0 Å². The monoisotopic (exact) mass is 689 g/mol. The van der Waals surface area contributed by atoms with Gasteiger partial charge in [0.25, 0.3) is 10.0 Å². The van der Waals surface area contributed by atoms with E-state index >= 15 is 0 Å². The van der Waals surface area contributed by atoms with Gasteiger partial charge in [0.1, 0.15) is 12.6 Å². The van der Waals surface area contributed by atoms with E-state index in [0.29, 0.717) is 16.7 Å². The van der Waals surface area contributed by atoms with E-state index in [0.717, 1.165) is 39.4 Å². The first-order valence-electron chi connectivity index (χ1n) is 15.1. The zero-order valence-corrected chi connectivity index (χ0v) is 28.4. The highest BCUT2D eigenvalue weighted by Crippen LogP contribution is 2.27. The standard InChI is InChI=1S/C36H40BrN3O4S/c1-4-5-21-38-36(42)34(23-29-12-7-6-8-13-29)39(25-30-14-9-11-28(3)22-30)35(41)26-40(32-16-10-15-31(37)24-32)45(43,44)33-19-17-27(2)18-20-33/h6-20,22,24,34H,4-5,21,23,25-26H2,1-3H3,(H,38,42)/t34-/m0/s1. The summed E-state index contributed by atoms with van der Waals surface area (Å²) in [7, 11) is -4.15. The molecule has 0 aromatic heterocycles. The molecule has 9 heteroatoms. The van der Waals surface area contributed by atoms with E-state index < -0.39 is 28.5 Å². The Morgan fingerprint density at radius 1 is 0.822 bits per heavy atom. The van der Waals surface area contributed by atoms with Gasteiger partial charge in [-0.05, 0) is 61.7 Å². The summed E-state index contributed by atoms with van der Waals surface area (Å²) in [6.45, 7) is 6.03. The molecule has 0 spiro atoms. The molecule has 0 fully saturated rings. The second kappa shape index (κ2) is 15.9. The third kappa shape index (κ3) is 9.28. The van der Waals surface area contributed by atoms with Crippen molar-refractivity contribution in [1.29, 1.82) is 0 Å². The Kier molecular flexibility index (Phi) is 12.0. The molecule has 0 unspecified atom stereocenters. The molecule has 45 heavy (non-hydrogen) atoms. The number of carbonyl (C=O) groups is 2. The molecule has 0 bridgehead atoms. The molecule has 7 nitrogen and oxygen atoms in total. The predicted molar refractivity (Wildman–Crippen MR) is 183 cm³/mol. The maximum atomic E-state index is 14.5. The van der Waals surface area contributed by atoms with Crippen LogP contribution in [0.1, 0.15) is 42.0 Å². The zero-order chi connectivity index (χ0) is 32.4. The first kappa shape index (κ1) is 33.9. The van der Waals surface area contributed by atoms with Crippen LogP contribution in [0.3, 0.4) is 0 Å². The highest BCUT2D eigenvalue weighted by atomic mass is 79.9. The summed E-state index contributed by atoms with van der Waals surface area (Å²) in [5, 5.41) is 3.02. The van der Waals surface area contributed by atoms with Crippen molar-refractivity contribution in [1.82, 2.24) is 10.2 Å². The van der Waals surface area contributed by atoms with E-state index in [1.807, 2.05) is 75.4 Å². The van der Waals surface area contributed by atoms with E-state index in [2.05, 4.69) is 21.2 Å². The number of carbonyl (C=O) groups excluding carboxylic acids is 2. The molecule has 4 aromatic rings. The Bertz CT molecular complexity index is 1700. The number of anilines is 1. The van der Waals surface area contributed by atoms with Gasteiger partial charge in [0, 0.05) is 24.0 Å². The molecular formula is C36H40BrN3O4S. The summed E-state index contributed by atoms with van der Waals surface area (Å²) in [4.78, 5) is 30.0. The normalized spacial score (nSPS) is 11.9. The van der Waals surface area contributed by atoms with Crippen molar-refractivity contribution in [2.75, 3.05) is 17.4 Å². The molecule has 236 valence electrons. The number of benzene rings is 4. The maximum Gasteiger partial charge on any atom is 0.264 e. The van der Waals surface area contributed by atoms with E-state index in [9.17, 15) is 18.0 Å². The molecule has 0 saturated carbocycles. The van der Waals surface area contributed by atoms with Crippen LogP contribution in [-0.4, -0.2) is 44.3 Å². The molecule has 0 radical (unpaired) electrons. The van der Waals surface area contributed by atoms with Gasteiger partial charge in [0.2, 0.25) is 11.8 Å². The summed E-state index contributed by atoms with van der Waals surface area (Å²) in [5.74, 6) is -0.762. The lowest BCUT2D eigenvalue weighted by molar-refractivity contribution is -0.140. The van der Waals surface area contributed by atoms with Crippen molar-refractivity contribution in [3.8, 4) is 0 Å². The second-order valence-corrected chi connectivity index (χ2v) is 13.9. The molecular weight excluding hydrogens is 650 g/mol. The fraction of sp³-hybridized carbons (Fsp3) is 0.278. The quantitative estimate of drug-likeness (QED) is 0.147. The van der Waals surface area contributed by atoms with Gasteiger partial charge in [0.15, 0.2) is 0 Å². The van der Waals surface area contributed by atoms with Crippen LogP contribution in [0, 0.1) is 13.8 Å². The lowest BCUT2D eigenvalue weighted by Crippen LogP contribution is -2.53. The Hall–Kier alpha value is -3.95. The van der Waals surface area contributed by atoms with Crippen LogP contribution in [0.15, 0.2) is 112 Å². The second-order valence-electron chi connectivity index (χ2n) is 11.2. The van der Waals surface area contributed by atoms with E-state index in [1.165, 1.54) is 4.90 Å². The number of unbranched alkanes of at least 4 members (excludes halogenated alkanes) is 1. The van der Waals surface area contributed by atoms with Crippen molar-refractivity contribution in [2.45, 2.75) is 57.5 Å². The number of amides is 2. The molecule has 0 saturated heterocycles. The minimum Gasteiger partial charge on any atom is -0.354 e. The summed E-state index contributed by atoms with van der Waals surface area (Å²) in [6.07, 6.45) is 1.99. The van der Waals surface area contributed by atoms with Crippen LogP contribution in [0.5, 0.6) is 0 Å². The summed E-state index contributed by atoms with van der Waals surface area (Å²) in [5.41, 5.74) is 4.01. The zero-order valence-electron chi connectivity index (χ0n) is 25.9. The third-order valence-corrected chi connectivity index (χ3v) is 9.80. The number of nitrogens with zero attached hydrogens (tertiary/aromatic N) is 2. The minimum atomic E-state index is -4.15. The first-order chi connectivity index (χ1) is 21.6. The lowest BCUT2D eigenvalue weighted by atomic mass is 10.0. The molecule has 0 heterocycles. The highest BCUT2D eigenvalue weighted by Gasteiger charge is 2.34. The van der Waals surface area contributed by atoms with Crippen LogP contribution >= 0.6 is 15.9 Å². The number of halogens is 1. The van der Waals surface area contributed by atoms with E-state index in [1.54, 1.807) is 48.5 Å². The smallest absolute Gasteiger partial charge is 0.264 e. The summed E-state index contributed by atoms with van der Waals surface area (Å²) in [6, 6.07) is 29.9. The van der Waals surface area contributed by atoms with Crippen molar-refractivity contribution >= 4 is 43.5 Å². The van der Waals surface area contributed by atoms with Crippen LogP contribution in [0.25, 0.3) is 0 Å². The molecule has 1 N–H and O–H groups in total. The Morgan fingerprint density at radius 3 is 2.18 bits per heavy atom. The molecule has 0 aliphatic heterocycles. The average molecular weight is 691 g/mol. The SMILES string of the molecule is CCCCNC(=O)[C@H](Cc1ccccc1)N(Cc1cccc(C)c1)C(=O)CN(c1cccc(Br)c1)S(=O)(=O)c1ccc(C)cc1. The van der Waals surface area contributed by atoms with E-state index in [4.69, 9.17) is 0 Å². The Labute approximate surface area is 275 Å². The van der Waals surface area contributed by atoms with Gasteiger partial charge in [-0.3, -0.25) is 13.9 Å². The van der Waals surface area contributed by atoms with Gasteiger partial charge in [-0.2, -0.15) is 0 Å². The van der Waals surface area contributed by atoms with Crippen molar-refractivity contribution in [3.63, 3.8) is 0 Å². The van der Waals surface area contributed by atoms with Crippen LogP contribution in [-0.2, 0) is 32.6 Å². The third-order valence-electron chi connectivity index (χ3n) is 7.52. The highest BCUT2D eigenvalue weighted by molar-refractivity contribution is 9.10. The van der Waals surface area contributed by atoms with Crippen LogP contribution in [0.2, 0.25) is 0 Å². The Morgan fingerprint density at radius 2 is 1.51 bits per heavy atom. The largest absolute Gasteiger partial charge is 0.354 e. The summed E-state index contributed by atoms with van der Waals surface area (Å²) < 4.78 is 30.1. The first-order valence-corrected chi connectivity index (χ1v) is 17.3. The lowest BCUT2D eigenvalue weighted by Gasteiger charge is -2.34. The maximum absolute atomic E-state index is 14.5. The Balaban J connectivity index is 1.79. The number of aryl methyl sites for hydroxylation is 2. The molecule has 2 amide bonds. The molecule has 1 atom stereocenters. The van der Waals surface area contributed by atoms with Crippen molar-refractivity contribution < 1.29 is 18.0 Å². The minimum absolute atomic E-state index is 0.0734. The average Bonchev–Trinajstić information content (AvgIpc) is 3.02. The number of hydrogen-bond donors (Lipinski definition) is 1. The number of sulfonamides is 1. The van der Waals surface area contributed by atoms with E-state index in [-0.39, 0.29) is 23.8 Å². The molecule has 4 aromatic carbocycles. The fourth-order valence-electron chi connectivity index (χ4n) is 5.06. The van der Waals surface area contributed by atoms with Gasteiger partial charge in [-0.1, -0.05) is 113 Å². The molecule has 0 aliphatic carbocycles. The fourth-order valence-corrected chi connectivity index (χ4v) is 6.86. The van der Waals surface area contributed by atoms with Gasteiger partial charge < -0.3 is 10.2 Å². The topological polar surface area (TPSA) is 86.8 Å². The van der Waals surface area contributed by atoms with Crippen molar-refractivity contribution in [3.05, 3.63) is 130 Å². The van der Waals surface area contributed by atoms with Crippen LogP contribution < -0.4 is 9.62 Å². The van der Waals surface area contributed by atoms with Gasteiger partial charge in [-0.25, -0.2) is 8.42 Å².